The first-order chi connectivity index (χ1) is 6.02. The summed E-state index contributed by atoms with van der Waals surface area (Å²) in [5, 5.41) is 33.4. The zero-order chi connectivity index (χ0) is 10.4. The van der Waals surface area contributed by atoms with Crippen molar-refractivity contribution in [3.63, 3.8) is 0 Å². The van der Waals surface area contributed by atoms with E-state index in [1.54, 1.807) is 0 Å². The van der Waals surface area contributed by atoms with Crippen molar-refractivity contribution in [1.29, 1.82) is 10.5 Å². The third-order valence-corrected chi connectivity index (χ3v) is 1.37. The quantitative estimate of drug-likeness (QED) is 0.621. The molecule has 6 nitrogen and oxygen atoms in total. The molecule has 0 radical (unpaired) electrons. The number of carbonyl (C=O) groups is 2. The highest BCUT2D eigenvalue weighted by atomic mass is 16.4. The molecule has 13 heavy (non-hydrogen) atoms. The van der Waals surface area contributed by atoms with Crippen molar-refractivity contribution in [2.24, 2.45) is 11.8 Å². The zero-order valence-electron chi connectivity index (χ0n) is 6.47. The Morgan fingerprint density at radius 2 is 1.77 bits per heavy atom. The van der Waals surface area contributed by atoms with Crippen molar-refractivity contribution in [2.45, 2.75) is 6.42 Å². The van der Waals surface area contributed by atoms with Crippen molar-refractivity contribution < 1.29 is 19.8 Å². The number of nitrogens with zero attached hydrogens (tertiary/aromatic N) is 2. The minimum absolute atomic E-state index is 0.638. The highest BCUT2D eigenvalue weighted by Crippen LogP contribution is 2.14. The van der Waals surface area contributed by atoms with E-state index in [-0.39, 0.29) is 0 Å². The van der Waals surface area contributed by atoms with Crippen LogP contribution in [0.25, 0.3) is 0 Å². The largest absolute Gasteiger partial charge is 0.481 e. The second-order valence-corrected chi connectivity index (χ2v) is 2.28. The average molecular weight is 182 g/mol. The first-order valence-corrected chi connectivity index (χ1v) is 3.26. The Hall–Kier alpha value is -2.08. The van der Waals surface area contributed by atoms with E-state index in [1.807, 2.05) is 0 Å². The third-order valence-electron chi connectivity index (χ3n) is 1.37. The molecular formula is C7H6N2O4. The molecule has 0 aromatic rings. The number of carboxylic acids is 2. The average Bonchev–Trinajstić information content (AvgIpc) is 2.02. The van der Waals surface area contributed by atoms with E-state index in [1.165, 1.54) is 12.1 Å². The Morgan fingerprint density at radius 1 is 1.23 bits per heavy atom. The first-order valence-electron chi connectivity index (χ1n) is 3.26. The van der Waals surface area contributed by atoms with Crippen molar-refractivity contribution >= 4 is 11.9 Å². The lowest BCUT2D eigenvalue weighted by Crippen LogP contribution is -2.23. The van der Waals surface area contributed by atoms with Crippen LogP contribution in [0.5, 0.6) is 0 Å². The summed E-state index contributed by atoms with van der Waals surface area (Å²) < 4.78 is 0. The maximum absolute atomic E-state index is 10.3. The molecule has 0 aromatic carbocycles. The molecule has 2 N–H and O–H groups in total. The van der Waals surface area contributed by atoms with Gasteiger partial charge in [0.05, 0.1) is 24.5 Å². The minimum Gasteiger partial charge on any atom is -0.481 e. The molecule has 0 heterocycles. The molecule has 0 saturated carbocycles. The molecule has 0 aliphatic carbocycles. The number of carboxylic acid groups (broad SMARTS) is 2. The monoisotopic (exact) mass is 182 g/mol. The van der Waals surface area contributed by atoms with Crippen LogP contribution in [0.3, 0.4) is 0 Å². The zero-order valence-corrected chi connectivity index (χ0v) is 6.47. The lowest BCUT2D eigenvalue weighted by atomic mass is 9.92. The number of aliphatic carboxylic acids is 2. The van der Waals surface area contributed by atoms with E-state index in [0.29, 0.717) is 0 Å². The van der Waals surface area contributed by atoms with Gasteiger partial charge in [0.15, 0.2) is 5.92 Å². The molecular weight excluding hydrogens is 176 g/mol. The molecule has 2 unspecified atom stereocenters. The predicted molar refractivity (Wildman–Crippen MR) is 38.1 cm³/mol. The van der Waals surface area contributed by atoms with Crippen LogP contribution in [-0.2, 0) is 9.59 Å². The fraction of sp³-hybridized carbons (Fsp3) is 0.429. The highest BCUT2D eigenvalue weighted by Gasteiger charge is 2.29. The van der Waals surface area contributed by atoms with Crippen LogP contribution in [-0.4, -0.2) is 22.2 Å². The van der Waals surface area contributed by atoms with E-state index in [2.05, 4.69) is 0 Å². The van der Waals surface area contributed by atoms with Gasteiger partial charge >= 0.3 is 11.9 Å². The predicted octanol–water partition coefficient (Wildman–Crippen LogP) is -0.175. The smallest absolute Gasteiger partial charge is 0.322 e. The summed E-state index contributed by atoms with van der Waals surface area (Å²) in [5.74, 6) is -5.66. The standard InChI is InChI=1S/C7H6N2O4/c8-2-4(1-6(10)11)5(3-9)7(12)13/h4-5H,1H2,(H,10,11)(H,12,13). The summed E-state index contributed by atoms with van der Waals surface area (Å²) in [4.78, 5) is 20.5. The van der Waals surface area contributed by atoms with Gasteiger partial charge in [0.25, 0.3) is 0 Å². The van der Waals surface area contributed by atoms with Gasteiger partial charge in [-0.2, -0.15) is 10.5 Å². The van der Waals surface area contributed by atoms with Crippen LogP contribution in [0, 0.1) is 34.5 Å². The summed E-state index contributed by atoms with van der Waals surface area (Å²) in [6.45, 7) is 0. The van der Waals surface area contributed by atoms with Gasteiger partial charge in [-0.15, -0.1) is 0 Å². The van der Waals surface area contributed by atoms with Gasteiger partial charge in [-0.05, 0) is 0 Å². The normalized spacial score (nSPS) is 13.4. The first kappa shape index (κ1) is 10.9. The van der Waals surface area contributed by atoms with Gasteiger partial charge in [0.2, 0.25) is 0 Å². The summed E-state index contributed by atoms with van der Waals surface area (Å²) in [7, 11) is 0. The van der Waals surface area contributed by atoms with Crippen LogP contribution in [0.15, 0.2) is 0 Å². The molecule has 0 spiro atoms. The Kier molecular flexibility index (Phi) is 3.97. The van der Waals surface area contributed by atoms with Crippen LogP contribution in [0.1, 0.15) is 6.42 Å². The van der Waals surface area contributed by atoms with E-state index < -0.39 is 30.2 Å². The van der Waals surface area contributed by atoms with Gasteiger partial charge in [0, 0.05) is 0 Å². The van der Waals surface area contributed by atoms with E-state index >= 15 is 0 Å². The Morgan fingerprint density at radius 3 is 2.00 bits per heavy atom. The van der Waals surface area contributed by atoms with Gasteiger partial charge < -0.3 is 10.2 Å². The van der Waals surface area contributed by atoms with E-state index in [4.69, 9.17) is 20.7 Å². The Balaban J connectivity index is 4.58. The molecule has 0 saturated heterocycles. The van der Waals surface area contributed by atoms with Crippen molar-refractivity contribution in [3.05, 3.63) is 0 Å². The number of nitriles is 2. The topological polar surface area (TPSA) is 122 Å². The molecule has 0 fully saturated rings. The van der Waals surface area contributed by atoms with Crippen molar-refractivity contribution in [1.82, 2.24) is 0 Å². The lowest BCUT2D eigenvalue weighted by Gasteiger charge is -2.07. The third kappa shape index (κ3) is 3.21. The molecule has 0 bridgehead atoms. The van der Waals surface area contributed by atoms with Gasteiger partial charge in [-0.3, -0.25) is 9.59 Å². The second-order valence-electron chi connectivity index (χ2n) is 2.28. The number of hydrogen-bond acceptors (Lipinski definition) is 4. The maximum atomic E-state index is 10.3. The van der Waals surface area contributed by atoms with Crippen molar-refractivity contribution in [3.8, 4) is 12.1 Å². The molecule has 2 atom stereocenters. The van der Waals surface area contributed by atoms with E-state index in [9.17, 15) is 9.59 Å². The SMILES string of the molecule is N#CC(CC(=O)O)C(C#N)C(=O)O. The van der Waals surface area contributed by atoms with Crippen LogP contribution < -0.4 is 0 Å². The van der Waals surface area contributed by atoms with Gasteiger partial charge in [0.1, 0.15) is 0 Å². The molecule has 68 valence electrons. The molecule has 0 aliphatic heterocycles. The van der Waals surface area contributed by atoms with Gasteiger partial charge in [-0.1, -0.05) is 0 Å². The fourth-order valence-corrected chi connectivity index (χ4v) is 0.743. The molecule has 0 rings (SSSR count). The maximum Gasteiger partial charge on any atom is 0.322 e. The number of rotatable bonds is 4. The summed E-state index contributed by atoms with van der Waals surface area (Å²) in [6, 6.07) is 2.85. The molecule has 6 heteroatoms. The van der Waals surface area contributed by atoms with Crippen molar-refractivity contribution in [2.75, 3.05) is 0 Å². The summed E-state index contributed by atoms with van der Waals surface area (Å²) in [6.07, 6.45) is -0.638. The fourth-order valence-electron chi connectivity index (χ4n) is 0.743. The Labute approximate surface area is 73.6 Å². The van der Waals surface area contributed by atoms with E-state index in [0.717, 1.165) is 0 Å². The minimum atomic E-state index is -1.58. The lowest BCUT2D eigenvalue weighted by molar-refractivity contribution is -0.142. The Bertz CT molecular complexity index is 299. The van der Waals surface area contributed by atoms with Gasteiger partial charge in [-0.25, -0.2) is 0 Å². The molecule has 0 amide bonds. The van der Waals surface area contributed by atoms with Crippen LogP contribution >= 0.6 is 0 Å². The molecule has 0 aromatic heterocycles. The summed E-state index contributed by atoms with van der Waals surface area (Å²) >= 11 is 0. The van der Waals surface area contributed by atoms with Crippen LogP contribution in [0.2, 0.25) is 0 Å². The molecule has 0 aliphatic rings. The second kappa shape index (κ2) is 4.73. The van der Waals surface area contributed by atoms with Crippen LogP contribution in [0.4, 0.5) is 0 Å². The highest BCUT2D eigenvalue weighted by molar-refractivity contribution is 5.76. The summed E-state index contributed by atoms with van der Waals surface area (Å²) in [5.41, 5.74) is 0. The number of hydrogen-bond donors (Lipinski definition) is 2.